The van der Waals surface area contributed by atoms with Crippen molar-refractivity contribution in [2.45, 2.75) is 160 Å². The fourth-order valence-corrected chi connectivity index (χ4v) is 10.6. The Labute approximate surface area is 401 Å². The minimum Gasteiger partial charge on any atom is -0.435 e. The first kappa shape index (κ1) is 50.8. The van der Waals surface area contributed by atoms with E-state index >= 15 is 0 Å². The van der Waals surface area contributed by atoms with Gasteiger partial charge in [-0.25, -0.2) is 0 Å². The van der Waals surface area contributed by atoms with Crippen molar-refractivity contribution in [2.24, 2.45) is 0 Å². The van der Waals surface area contributed by atoms with E-state index in [1.54, 1.807) is 0 Å². The van der Waals surface area contributed by atoms with E-state index in [1.165, 1.54) is 66.8 Å². The molecule has 0 spiro atoms. The van der Waals surface area contributed by atoms with Gasteiger partial charge in [-0.15, -0.1) is 0 Å². The molecule has 0 aromatic heterocycles. The third kappa shape index (κ3) is 11.7. The maximum atomic E-state index is 7.12. The molecule has 0 radical (unpaired) electrons. The highest BCUT2D eigenvalue weighted by molar-refractivity contribution is 7.57. The van der Waals surface area contributed by atoms with E-state index in [0.717, 1.165) is 44.7 Å². The first-order valence-electron chi connectivity index (χ1n) is 23.5. The number of benzene rings is 6. The van der Waals surface area contributed by atoms with Gasteiger partial charge >= 0.3 is 16.8 Å². The monoisotopic (exact) mass is 923 g/mol. The Morgan fingerprint density at radius 2 is 0.455 bits per heavy atom. The Kier molecular flexibility index (Phi) is 14.8. The highest BCUT2D eigenvalue weighted by Gasteiger charge is 2.31. The van der Waals surface area contributed by atoms with Gasteiger partial charge in [0, 0.05) is 22.3 Å². The van der Waals surface area contributed by atoms with Crippen LogP contribution in [0.3, 0.4) is 0 Å². The molecule has 6 heteroatoms. The van der Waals surface area contributed by atoms with E-state index in [9.17, 15) is 0 Å². The van der Waals surface area contributed by atoms with E-state index in [-0.39, 0.29) is 21.7 Å². The van der Waals surface area contributed by atoms with E-state index in [0.29, 0.717) is 0 Å². The smallest absolute Gasteiger partial charge is 0.326 e. The van der Waals surface area contributed by atoms with Crippen LogP contribution in [0.4, 0.5) is 0 Å². The lowest BCUT2D eigenvalue weighted by atomic mass is 9.84. The third-order valence-corrected chi connectivity index (χ3v) is 15.7. The maximum Gasteiger partial charge on any atom is 0.326 e. The van der Waals surface area contributed by atoms with Crippen molar-refractivity contribution >= 4 is 27.4 Å². The molecule has 0 unspecified atom stereocenters. The highest BCUT2D eigenvalue weighted by Crippen LogP contribution is 2.49. The summed E-state index contributed by atoms with van der Waals surface area (Å²) in [5.41, 5.74) is 16.2. The summed E-state index contributed by atoms with van der Waals surface area (Å²) in [6.07, 6.45) is 0. The molecule has 0 aliphatic rings. The quantitative estimate of drug-likeness (QED) is 0.121. The minimum atomic E-state index is -1.59. The topological polar surface area (TPSA) is 36.9 Å². The Hall–Kier alpha value is -4.62. The van der Waals surface area contributed by atoms with Gasteiger partial charge in [-0.05, 0) is 181 Å². The van der Waals surface area contributed by atoms with Gasteiger partial charge in [-0.1, -0.05) is 132 Å². The maximum absolute atomic E-state index is 7.12. The molecule has 0 saturated carbocycles. The average molecular weight is 923 g/mol. The zero-order chi connectivity index (χ0) is 48.8. The van der Waals surface area contributed by atoms with Crippen LogP contribution in [0.5, 0.6) is 23.0 Å². The predicted octanol–water partition coefficient (Wildman–Crippen LogP) is 17.2. The second-order valence-electron chi connectivity index (χ2n) is 22.7. The van der Waals surface area contributed by atoms with Crippen LogP contribution in [-0.2, 0) is 21.7 Å². The van der Waals surface area contributed by atoms with Crippen LogP contribution < -0.4 is 28.7 Å². The van der Waals surface area contributed by atoms with Crippen LogP contribution in [0.25, 0.3) is 11.1 Å². The molecule has 0 fully saturated rings. The number of aryl methyl sites for hydroxylation is 8. The van der Waals surface area contributed by atoms with Crippen molar-refractivity contribution in [3.63, 3.8) is 0 Å². The minimum absolute atomic E-state index is 0.125. The molecule has 6 aromatic rings. The van der Waals surface area contributed by atoms with Gasteiger partial charge < -0.3 is 18.1 Å². The molecular formula is C60H76O4P2. The van der Waals surface area contributed by atoms with E-state index in [1.807, 2.05) is 0 Å². The Morgan fingerprint density at radius 3 is 0.636 bits per heavy atom. The molecule has 0 aliphatic carbocycles. The number of rotatable bonds is 11. The van der Waals surface area contributed by atoms with Crippen LogP contribution in [0, 0.1) is 55.4 Å². The molecule has 4 nitrogen and oxygen atoms in total. The zero-order valence-electron chi connectivity index (χ0n) is 43.8. The van der Waals surface area contributed by atoms with Crippen molar-refractivity contribution in [3.8, 4) is 34.1 Å². The first-order chi connectivity index (χ1) is 30.5. The van der Waals surface area contributed by atoms with Gasteiger partial charge in [0.1, 0.15) is 23.0 Å². The Balaban J connectivity index is 1.40. The summed E-state index contributed by atoms with van der Waals surface area (Å²) in [5, 5.41) is 2.00. The van der Waals surface area contributed by atoms with Gasteiger partial charge in [-0.2, -0.15) is 0 Å². The van der Waals surface area contributed by atoms with Gasteiger partial charge in [0.05, 0.1) is 10.6 Å². The Morgan fingerprint density at radius 1 is 0.273 bits per heavy atom. The molecule has 350 valence electrons. The average Bonchev–Trinajstić information content (AvgIpc) is 3.20. The molecule has 0 aliphatic heterocycles. The summed E-state index contributed by atoms with van der Waals surface area (Å²) in [5.74, 6) is 3.46. The van der Waals surface area contributed by atoms with Crippen molar-refractivity contribution < 1.29 is 18.1 Å². The van der Waals surface area contributed by atoms with Gasteiger partial charge in [0.2, 0.25) is 0 Å². The first-order valence-corrected chi connectivity index (χ1v) is 25.9. The van der Waals surface area contributed by atoms with Gasteiger partial charge in [0.15, 0.2) is 0 Å². The second kappa shape index (κ2) is 19.2. The lowest BCUT2D eigenvalue weighted by Crippen LogP contribution is -2.18. The summed E-state index contributed by atoms with van der Waals surface area (Å²) < 4.78 is 28.5. The van der Waals surface area contributed by atoms with E-state index in [4.69, 9.17) is 18.1 Å². The van der Waals surface area contributed by atoms with Gasteiger partial charge in [0.25, 0.3) is 0 Å². The lowest BCUT2D eigenvalue weighted by molar-refractivity contribution is 0.467. The second-order valence-corrected chi connectivity index (χ2v) is 25.5. The van der Waals surface area contributed by atoms with E-state index < -0.39 is 16.8 Å². The number of hydrogen-bond acceptors (Lipinski definition) is 4. The van der Waals surface area contributed by atoms with Crippen molar-refractivity contribution in [1.82, 2.24) is 0 Å². The van der Waals surface area contributed by atoms with Crippen molar-refractivity contribution in [1.29, 1.82) is 0 Å². The van der Waals surface area contributed by atoms with Crippen LogP contribution >= 0.6 is 16.8 Å². The number of hydrogen-bond donors (Lipinski definition) is 0. The molecule has 0 heterocycles. The standard InChI is InChI=1S/C60H76O4P2/c1-37-29-49(57(9,10)11)53(33-41(37)5)61-65(62-54-34-42(6)38(2)30-50(54)58(12,13)14)47-25-21-45(22-26-47)46-23-27-48(28-24-46)66(63-55-35-43(7)39(3)31-51(55)59(15,16)17)64-56-36-44(8)40(4)32-52(56)60(18,19)20/h21-36H,1-20H3. The molecule has 0 N–H and O–H groups in total. The zero-order valence-corrected chi connectivity index (χ0v) is 45.6. The molecule has 6 rings (SSSR count). The molecule has 0 bridgehead atoms. The predicted molar refractivity (Wildman–Crippen MR) is 286 cm³/mol. The third-order valence-electron chi connectivity index (χ3n) is 12.8. The van der Waals surface area contributed by atoms with E-state index in [2.05, 4.69) is 236 Å². The summed E-state index contributed by atoms with van der Waals surface area (Å²) >= 11 is 0. The summed E-state index contributed by atoms with van der Waals surface area (Å²) in [6.45, 7) is 44.2. The Bertz CT molecular complexity index is 2370. The normalized spacial score (nSPS) is 12.5. The van der Waals surface area contributed by atoms with Crippen molar-refractivity contribution in [2.75, 3.05) is 0 Å². The van der Waals surface area contributed by atoms with Crippen LogP contribution in [-0.4, -0.2) is 0 Å². The molecule has 66 heavy (non-hydrogen) atoms. The highest BCUT2D eigenvalue weighted by atomic mass is 31.2. The van der Waals surface area contributed by atoms with Crippen molar-refractivity contribution in [3.05, 3.63) is 164 Å². The lowest BCUT2D eigenvalue weighted by Gasteiger charge is -2.29. The molecule has 0 saturated heterocycles. The molecule has 0 amide bonds. The largest absolute Gasteiger partial charge is 0.435 e. The SMILES string of the molecule is Cc1cc(OP(Oc2cc(C)c(C)cc2C(C)(C)C)c2ccc(-c3ccc(P(Oc4cc(C)c(C)cc4C(C)(C)C)Oc4cc(C)c(C)cc4C(C)(C)C)cc3)cc2)c(C(C)(C)C)cc1C. The van der Waals surface area contributed by atoms with Crippen LogP contribution in [0.1, 0.15) is 150 Å². The summed E-state index contributed by atoms with van der Waals surface area (Å²) in [4.78, 5) is 0. The molecule has 0 atom stereocenters. The van der Waals surface area contributed by atoms with Gasteiger partial charge in [-0.3, -0.25) is 0 Å². The van der Waals surface area contributed by atoms with Crippen LogP contribution in [0.15, 0.2) is 97.1 Å². The molecular weight excluding hydrogens is 847 g/mol. The van der Waals surface area contributed by atoms with Crippen LogP contribution in [0.2, 0.25) is 0 Å². The summed E-state index contributed by atoms with van der Waals surface area (Å²) in [7, 11) is -3.17. The summed E-state index contributed by atoms with van der Waals surface area (Å²) in [6, 6.07) is 35.3. The fraction of sp³-hybridized carbons (Fsp3) is 0.400. The fourth-order valence-electron chi connectivity index (χ4n) is 7.96. The molecule has 6 aromatic carbocycles.